The number of ether oxygens (including phenoxy) is 2. The zero-order chi connectivity index (χ0) is 18.2. The van der Waals surface area contributed by atoms with Gasteiger partial charge in [0.05, 0.1) is 7.11 Å². The van der Waals surface area contributed by atoms with Crippen molar-refractivity contribution in [3.63, 3.8) is 0 Å². The Morgan fingerprint density at radius 1 is 0.815 bits per heavy atom. The molecule has 0 amide bonds. The summed E-state index contributed by atoms with van der Waals surface area (Å²) in [6.07, 6.45) is 0. The van der Waals surface area contributed by atoms with Gasteiger partial charge in [-0.25, -0.2) is 0 Å². The van der Waals surface area contributed by atoms with Crippen LogP contribution < -0.4 is 27.2 Å². The highest BCUT2D eigenvalue weighted by Gasteiger charge is 2.05. The first-order valence-electron chi connectivity index (χ1n) is 8.54. The molecular formula is C22H22Cl2NO2-. The Balaban J connectivity index is 0.00000261. The van der Waals surface area contributed by atoms with Crippen molar-refractivity contribution in [1.82, 2.24) is 5.32 Å². The van der Waals surface area contributed by atoms with Gasteiger partial charge in [0.25, 0.3) is 0 Å². The van der Waals surface area contributed by atoms with Crippen LogP contribution in [0.15, 0.2) is 72.8 Å². The molecule has 3 aromatic rings. The fourth-order valence-corrected chi connectivity index (χ4v) is 2.84. The van der Waals surface area contributed by atoms with Gasteiger partial charge in [-0.15, -0.1) is 0 Å². The van der Waals surface area contributed by atoms with Gasteiger partial charge in [-0.1, -0.05) is 60.1 Å². The summed E-state index contributed by atoms with van der Waals surface area (Å²) in [7, 11) is 1.67. The fraction of sp³-hybridized carbons (Fsp3) is 0.182. The first-order valence-corrected chi connectivity index (χ1v) is 8.92. The van der Waals surface area contributed by atoms with E-state index in [1.165, 1.54) is 5.56 Å². The van der Waals surface area contributed by atoms with Gasteiger partial charge in [0.15, 0.2) is 0 Å². The maximum absolute atomic E-state index is 6.20. The van der Waals surface area contributed by atoms with Gasteiger partial charge in [0, 0.05) is 29.2 Å². The maximum Gasteiger partial charge on any atom is 0.124 e. The molecule has 0 aliphatic rings. The average molecular weight is 403 g/mol. The predicted molar refractivity (Wildman–Crippen MR) is 106 cm³/mol. The van der Waals surface area contributed by atoms with Crippen LogP contribution >= 0.6 is 11.6 Å². The molecule has 5 heteroatoms. The smallest absolute Gasteiger partial charge is 0.124 e. The number of rotatable bonds is 8. The van der Waals surface area contributed by atoms with Crippen LogP contribution in [0.3, 0.4) is 0 Å². The van der Waals surface area contributed by atoms with Gasteiger partial charge in [0.2, 0.25) is 0 Å². The molecule has 0 aromatic heterocycles. The summed E-state index contributed by atoms with van der Waals surface area (Å²) in [6, 6.07) is 23.9. The van der Waals surface area contributed by atoms with E-state index in [9.17, 15) is 0 Å². The zero-order valence-corrected chi connectivity index (χ0v) is 16.6. The SMILES string of the molecule is COc1ccc(CNCc2ccccc2OCc2ccccc2Cl)cc1.[Cl-]. The molecule has 142 valence electrons. The molecule has 0 bridgehead atoms. The van der Waals surface area contributed by atoms with Gasteiger partial charge in [-0.2, -0.15) is 0 Å². The molecule has 0 atom stereocenters. The van der Waals surface area contributed by atoms with E-state index >= 15 is 0 Å². The molecule has 0 aliphatic carbocycles. The predicted octanol–water partition coefficient (Wildman–Crippen LogP) is 2.22. The Kier molecular flexibility index (Phi) is 8.46. The van der Waals surface area contributed by atoms with Gasteiger partial charge in [-0.05, 0) is 29.8 Å². The van der Waals surface area contributed by atoms with Crippen LogP contribution in [0.4, 0.5) is 0 Å². The third-order valence-electron chi connectivity index (χ3n) is 4.12. The van der Waals surface area contributed by atoms with Crippen LogP contribution in [-0.2, 0) is 19.7 Å². The minimum absolute atomic E-state index is 0. The van der Waals surface area contributed by atoms with Gasteiger partial charge >= 0.3 is 0 Å². The summed E-state index contributed by atoms with van der Waals surface area (Å²) >= 11 is 6.20. The second kappa shape index (κ2) is 10.8. The van der Waals surface area contributed by atoms with Crippen molar-refractivity contribution in [1.29, 1.82) is 0 Å². The molecular weight excluding hydrogens is 381 g/mol. The molecule has 0 aliphatic heterocycles. The van der Waals surface area contributed by atoms with Crippen LogP contribution in [0.25, 0.3) is 0 Å². The second-order valence-electron chi connectivity index (χ2n) is 5.94. The molecule has 0 heterocycles. The molecule has 0 fully saturated rings. The second-order valence-corrected chi connectivity index (χ2v) is 6.35. The van der Waals surface area contributed by atoms with E-state index in [1.807, 2.05) is 54.6 Å². The van der Waals surface area contributed by atoms with E-state index in [1.54, 1.807) is 7.11 Å². The summed E-state index contributed by atoms with van der Waals surface area (Å²) in [5, 5.41) is 4.18. The lowest BCUT2D eigenvalue weighted by Gasteiger charge is -2.13. The molecule has 0 radical (unpaired) electrons. The van der Waals surface area contributed by atoms with Crippen molar-refractivity contribution in [2.24, 2.45) is 0 Å². The van der Waals surface area contributed by atoms with Crippen molar-refractivity contribution < 1.29 is 21.9 Å². The average Bonchev–Trinajstić information content (AvgIpc) is 2.69. The summed E-state index contributed by atoms with van der Waals surface area (Å²) in [5.41, 5.74) is 3.31. The summed E-state index contributed by atoms with van der Waals surface area (Å²) < 4.78 is 11.2. The minimum atomic E-state index is 0. The van der Waals surface area contributed by atoms with E-state index in [0.29, 0.717) is 6.61 Å². The molecule has 0 saturated heterocycles. The molecule has 0 unspecified atom stereocenters. The largest absolute Gasteiger partial charge is 1.00 e. The van der Waals surface area contributed by atoms with Crippen molar-refractivity contribution in [3.8, 4) is 11.5 Å². The Hall–Kier alpha value is -2.20. The number of para-hydroxylation sites is 1. The monoisotopic (exact) mass is 402 g/mol. The quantitative estimate of drug-likeness (QED) is 0.626. The number of nitrogens with one attached hydrogen (secondary N) is 1. The standard InChI is InChI=1S/C22H22ClNO2.ClH/c1-25-20-12-10-17(11-13-20)14-24-15-18-6-3-5-9-22(18)26-16-19-7-2-4-8-21(19)23;/h2-13,24H,14-16H2,1H3;1H/p-1. The van der Waals surface area contributed by atoms with Gasteiger partial charge in [0.1, 0.15) is 18.1 Å². The lowest BCUT2D eigenvalue weighted by Crippen LogP contribution is -3.00. The Morgan fingerprint density at radius 2 is 1.48 bits per heavy atom. The highest BCUT2D eigenvalue weighted by Crippen LogP contribution is 2.22. The van der Waals surface area contributed by atoms with Crippen molar-refractivity contribution in [2.45, 2.75) is 19.7 Å². The van der Waals surface area contributed by atoms with Crippen molar-refractivity contribution >= 4 is 11.6 Å². The van der Waals surface area contributed by atoms with E-state index in [-0.39, 0.29) is 12.4 Å². The lowest BCUT2D eigenvalue weighted by molar-refractivity contribution is -0.00000581. The minimum Gasteiger partial charge on any atom is -1.00 e. The Labute approximate surface area is 171 Å². The first kappa shape index (κ1) is 21.1. The fourth-order valence-electron chi connectivity index (χ4n) is 2.65. The molecule has 27 heavy (non-hydrogen) atoms. The van der Waals surface area contributed by atoms with E-state index in [0.717, 1.165) is 40.7 Å². The number of benzene rings is 3. The Morgan fingerprint density at radius 3 is 2.19 bits per heavy atom. The molecule has 3 nitrogen and oxygen atoms in total. The van der Waals surface area contributed by atoms with E-state index in [2.05, 4.69) is 23.5 Å². The van der Waals surface area contributed by atoms with Crippen LogP contribution in [0.1, 0.15) is 16.7 Å². The van der Waals surface area contributed by atoms with Gasteiger partial charge < -0.3 is 27.2 Å². The topological polar surface area (TPSA) is 30.5 Å². The van der Waals surface area contributed by atoms with Crippen LogP contribution in [0.2, 0.25) is 5.02 Å². The number of hydrogen-bond acceptors (Lipinski definition) is 3. The highest BCUT2D eigenvalue weighted by molar-refractivity contribution is 6.31. The van der Waals surface area contributed by atoms with Crippen LogP contribution in [-0.4, -0.2) is 7.11 Å². The summed E-state index contributed by atoms with van der Waals surface area (Å²) in [5.74, 6) is 1.74. The van der Waals surface area contributed by atoms with Crippen molar-refractivity contribution in [2.75, 3.05) is 7.11 Å². The molecule has 0 saturated carbocycles. The molecule has 3 aromatic carbocycles. The number of methoxy groups -OCH3 is 1. The highest BCUT2D eigenvalue weighted by atomic mass is 35.5. The molecule has 0 spiro atoms. The van der Waals surface area contributed by atoms with Crippen LogP contribution in [0, 0.1) is 0 Å². The first-order chi connectivity index (χ1) is 12.8. The van der Waals surface area contributed by atoms with Gasteiger partial charge in [-0.3, -0.25) is 0 Å². The summed E-state index contributed by atoms with van der Waals surface area (Å²) in [4.78, 5) is 0. The molecule has 1 N–H and O–H groups in total. The number of hydrogen-bond donors (Lipinski definition) is 1. The Bertz CT molecular complexity index is 838. The third-order valence-corrected chi connectivity index (χ3v) is 4.49. The van der Waals surface area contributed by atoms with Crippen LogP contribution in [0.5, 0.6) is 11.5 Å². The summed E-state index contributed by atoms with van der Waals surface area (Å²) in [6.45, 7) is 1.96. The van der Waals surface area contributed by atoms with E-state index in [4.69, 9.17) is 21.1 Å². The van der Waals surface area contributed by atoms with E-state index < -0.39 is 0 Å². The normalized spacial score (nSPS) is 10.1. The lowest BCUT2D eigenvalue weighted by atomic mass is 10.1. The third kappa shape index (κ3) is 6.17. The molecule has 3 rings (SSSR count). The zero-order valence-electron chi connectivity index (χ0n) is 15.1. The van der Waals surface area contributed by atoms with Crippen molar-refractivity contribution in [3.05, 3.63) is 94.5 Å². The maximum atomic E-state index is 6.20. The number of halogens is 2.